The number of carbonyl (C=O) groups is 2. The van der Waals surface area contributed by atoms with Crippen LogP contribution in [0.15, 0.2) is 12.2 Å². The molecule has 426 valence electrons. The van der Waals surface area contributed by atoms with Crippen LogP contribution in [0.2, 0.25) is 0 Å². The van der Waals surface area contributed by atoms with E-state index in [-0.39, 0.29) is 19.6 Å². The summed E-state index contributed by atoms with van der Waals surface area (Å²) >= 11 is 0. The predicted molar refractivity (Wildman–Crippen MR) is 311 cm³/mol. The Morgan fingerprint density at radius 2 is 0.597 bits per heavy atom. The Kier molecular flexibility index (Phi) is 53.2. The van der Waals surface area contributed by atoms with Crippen LogP contribution in [0.4, 0.5) is 0 Å². The van der Waals surface area contributed by atoms with Crippen molar-refractivity contribution in [3.05, 3.63) is 12.2 Å². The second-order valence-corrected chi connectivity index (χ2v) is 23.5. The standard InChI is InChI=1S/C66H126O6/c1-2-3-4-5-6-7-8-9-10-11-12-13-14-15-16-17-18-19-20-21-22-23-24-25-26-27-28-29-30-31-32-33-34-35-36-37-38-39-40-41-42-43-44-45-46-47-48-49-50-51-52-53-54-55-56-57-63-58-64(69)71-61-66(59-67,60-68)62-72-65(63)70/h7-8,63,67-68H,2-6,9-62H2,1H3/b8-7+. The van der Waals surface area contributed by atoms with Crippen LogP contribution in [-0.2, 0) is 19.1 Å². The number of rotatable bonds is 57. The van der Waals surface area contributed by atoms with Gasteiger partial charge in [0.1, 0.15) is 13.2 Å². The van der Waals surface area contributed by atoms with Crippen molar-refractivity contribution in [2.75, 3.05) is 26.4 Å². The molecule has 0 saturated carbocycles. The molecule has 1 aliphatic rings. The maximum absolute atomic E-state index is 12.5. The van der Waals surface area contributed by atoms with Gasteiger partial charge in [0.05, 0.1) is 31.0 Å². The number of hydrogen-bond donors (Lipinski definition) is 2. The SMILES string of the molecule is CCCCCC/C=C/CCCCCCCCCCCCCCCCCCCCCCCCCCCCCCCCCCCCCCCCCCCCCCCCCC1CC(=O)OCC(CO)(CO)COC1=O. The quantitative estimate of drug-likeness (QED) is 0.0358. The molecule has 1 atom stereocenters. The summed E-state index contributed by atoms with van der Waals surface area (Å²) in [4.78, 5) is 24.7. The van der Waals surface area contributed by atoms with E-state index >= 15 is 0 Å². The molecule has 1 aliphatic heterocycles. The molecular weight excluding hydrogens is 889 g/mol. The van der Waals surface area contributed by atoms with Crippen molar-refractivity contribution in [2.45, 2.75) is 360 Å². The summed E-state index contributed by atoms with van der Waals surface area (Å²) in [5.41, 5.74) is -1.12. The van der Waals surface area contributed by atoms with E-state index in [0.29, 0.717) is 6.42 Å². The zero-order chi connectivity index (χ0) is 51.8. The predicted octanol–water partition coefficient (Wildman–Crippen LogP) is 20.7. The van der Waals surface area contributed by atoms with Crippen LogP contribution in [0.1, 0.15) is 360 Å². The third-order valence-electron chi connectivity index (χ3n) is 16.3. The van der Waals surface area contributed by atoms with E-state index in [9.17, 15) is 19.8 Å². The lowest BCUT2D eigenvalue weighted by molar-refractivity contribution is -0.155. The second kappa shape index (κ2) is 55.8. The van der Waals surface area contributed by atoms with E-state index in [0.717, 1.165) is 19.3 Å². The van der Waals surface area contributed by atoms with Gasteiger partial charge in [-0.2, -0.15) is 0 Å². The fourth-order valence-corrected chi connectivity index (χ4v) is 10.9. The summed E-state index contributed by atoms with van der Waals surface area (Å²) in [5.74, 6) is -1.40. The van der Waals surface area contributed by atoms with Gasteiger partial charge >= 0.3 is 11.9 Å². The van der Waals surface area contributed by atoms with Crippen LogP contribution < -0.4 is 0 Å². The minimum Gasteiger partial charge on any atom is -0.465 e. The third kappa shape index (κ3) is 47.1. The zero-order valence-electron chi connectivity index (χ0n) is 48.5. The highest BCUT2D eigenvalue weighted by atomic mass is 16.6. The van der Waals surface area contributed by atoms with Gasteiger partial charge in [-0.1, -0.05) is 334 Å². The van der Waals surface area contributed by atoms with Gasteiger partial charge in [-0.3, -0.25) is 9.59 Å². The fourth-order valence-electron chi connectivity index (χ4n) is 10.9. The maximum Gasteiger partial charge on any atom is 0.309 e. The summed E-state index contributed by atoms with van der Waals surface area (Å²) in [6, 6.07) is 0. The van der Waals surface area contributed by atoms with E-state index in [4.69, 9.17) is 9.47 Å². The molecule has 1 rings (SSSR count). The summed E-state index contributed by atoms with van der Waals surface area (Å²) in [6.07, 6.45) is 80.2. The van der Waals surface area contributed by atoms with Crippen molar-refractivity contribution in [1.29, 1.82) is 0 Å². The van der Waals surface area contributed by atoms with Crippen molar-refractivity contribution >= 4 is 11.9 Å². The first-order valence-electron chi connectivity index (χ1n) is 32.8. The monoisotopic (exact) mass is 1010 g/mol. The fraction of sp³-hybridized carbons (Fsp3) is 0.939. The second-order valence-electron chi connectivity index (χ2n) is 23.5. The van der Waals surface area contributed by atoms with Crippen LogP contribution >= 0.6 is 0 Å². The molecule has 1 saturated heterocycles. The summed E-state index contributed by atoms with van der Waals surface area (Å²) in [6.45, 7) is 1.20. The first-order chi connectivity index (χ1) is 35.6. The van der Waals surface area contributed by atoms with Gasteiger partial charge in [0.15, 0.2) is 0 Å². The number of hydrogen-bond acceptors (Lipinski definition) is 6. The minimum absolute atomic E-state index is 0.00522. The average molecular weight is 1020 g/mol. The lowest BCUT2D eigenvalue weighted by Gasteiger charge is -2.27. The van der Waals surface area contributed by atoms with E-state index in [1.807, 2.05) is 0 Å². The molecule has 6 heteroatoms. The molecule has 0 bridgehead atoms. The number of unbranched alkanes of at least 4 members (excludes halogenated alkanes) is 51. The Bertz CT molecular complexity index is 1130. The number of ether oxygens (including phenoxy) is 2. The molecule has 1 heterocycles. The van der Waals surface area contributed by atoms with Crippen molar-refractivity contribution in [1.82, 2.24) is 0 Å². The van der Waals surface area contributed by atoms with E-state index in [2.05, 4.69) is 19.1 Å². The van der Waals surface area contributed by atoms with Gasteiger partial charge in [0, 0.05) is 0 Å². The van der Waals surface area contributed by atoms with E-state index in [1.54, 1.807) is 0 Å². The van der Waals surface area contributed by atoms with Crippen LogP contribution in [0.25, 0.3) is 0 Å². The van der Waals surface area contributed by atoms with Crippen molar-refractivity contribution in [3.63, 3.8) is 0 Å². The molecule has 0 aliphatic carbocycles. The largest absolute Gasteiger partial charge is 0.465 e. The summed E-state index contributed by atoms with van der Waals surface area (Å²) in [5, 5.41) is 19.2. The summed E-state index contributed by atoms with van der Waals surface area (Å²) < 4.78 is 10.6. The molecule has 72 heavy (non-hydrogen) atoms. The number of allylic oxidation sites excluding steroid dienone is 2. The molecule has 0 aromatic rings. The Balaban J connectivity index is 1.67. The molecule has 0 spiro atoms. The average Bonchev–Trinajstić information content (AvgIpc) is 3.45. The molecular formula is C66H126O6. The number of aliphatic hydroxyl groups is 2. The third-order valence-corrected chi connectivity index (χ3v) is 16.3. The molecule has 0 amide bonds. The minimum atomic E-state index is -1.12. The Morgan fingerprint density at radius 1 is 0.361 bits per heavy atom. The Morgan fingerprint density at radius 3 is 0.861 bits per heavy atom. The van der Waals surface area contributed by atoms with E-state index < -0.39 is 36.5 Å². The van der Waals surface area contributed by atoms with Crippen molar-refractivity contribution < 1.29 is 29.3 Å². The normalized spacial score (nSPS) is 15.2. The molecule has 0 aromatic carbocycles. The highest BCUT2D eigenvalue weighted by Crippen LogP contribution is 2.25. The molecule has 0 aromatic heterocycles. The van der Waals surface area contributed by atoms with Crippen molar-refractivity contribution in [2.24, 2.45) is 11.3 Å². The number of cyclic esters (lactones) is 2. The van der Waals surface area contributed by atoms with E-state index in [1.165, 1.54) is 321 Å². The highest BCUT2D eigenvalue weighted by Gasteiger charge is 2.36. The smallest absolute Gasteiger partial charge is 0.309 e. The molecule has 0 radical (unpaired) electrons. The number of esters is 2. The van der Waals surface area contributed by atoms with Gasteiger partial charge in [0.2, 0.25) is 0 Å². The van der Waals surface area contributed by atoms with Crippen LogP contribution in [-0.4, -0.2) is 48.6 Å². The zero-order valence-corrected chi connectivity index (χ0v) is 48.5. The first-order valence-corrected chi connectivity index (χ1v) is 32.8. The lowest BCUT2D eigenvalue weighted by Crippen LogP contribution is -2.40. The van der Waals surface area contributed by atoms with Gasteiger partial charge in [-0.25, -0.2) is 0 Å². The Hall–Kier alpha value is -1.40. The van der Waals surface area contributed by atoms with Gasteiger partial charge in [-0.15, -0.1) is 0 Å². The summed E-state index contributed by atoms with van der Waals surface area (Å²) in [7, 11) is 0. The molecule has 2 N–H and O–H groups in total. The van der Waals surface area contributed by atoms with Crippen LogP contribution in [0.5, 0.6) is 0 Å². The van der Waals surface area contributed by atoms with Gasteiger partial charge < -0.3 is 19.7 Å². The van der Waals surface area contributed by atoms with Gasteiger partial charge in [0.25, 0.3) is 0 Å². The van der Waals surface area contributed by atoms with Gasteiger partial charge in [-0.05, 0) is 32.1 Å². The topological polar surface area (TPSA) is 93.1 Å². The number of aliphatic hydroxyl groups excluding tert-OH is 2. The van der Waals surface area contributed by atoms with Crippen LogP contribution in [0.3, 0.4) is 0 Å². The highest BCUT2D eigenvalue weighted by molar-refractivity contribution is 5.80. The Labute approximate surface area is 449 Å². The maximum atomic E-state index is 12.5. The first kappa shape index (κ1) is 68.6. The van der Waals surface area contributed by atoms with Crippen molar-refractivity contribution in [3.8, 4) is 0 Å². The number of carbonyl (C=O) groups excluding carboxylic acids is 2. The lowest BCUT2D eigenvalue weighted by atomic mass is 9.92. The molecule has 6 nitrogen and oxygen atoms in total. The van der Waals surface area contributed by atoms with Crippen LogP contribution in [0, 0.1) is 11.3 Å². The molecule has 1 unspecified atom stereocenters. The molecule has 1 fully saturated rings.